The molecule has 0 aromatic carbocycles. The highest BCUT2D eigenvalue weighted by molar-refractivity contribution is 5.42. The predicted octanol–water partition coefficient (Wildman–Crippen LogP) is 1.93. The topological polar surface area (TPSA) is 3.24 Å². The maximum atomic E-state index is 4.17. The van der Waals surface area contributed by atoms with Gasteiger partial charge in [0.15, 0.2) is 0 Å². The zero-order chi connectivity index (χ0) is 7.47. The second kappa shape index (κ2) is 1.55. The highest BCUT2D eigenvalue weighted by Gasteiger charge is 2.55. The van der Waals surface area contributed by atoms with Crippen molar-refractivity contribution in [3.05, 3.63) is 23.9 Å². The van der Waals surface area contributed by atoms with Crippen LogP contribution in [-0.4, -0.2) is 18.0 Å². The van der Waals surface area contributed by atoms with Gasteiger partial charge in [-0.1, -0.05) is 12.7 Å². The lowest BCUT2D eigenvalue weighted by molar-refractivity contribution is 0.431. The van der Waals surface area contributed by atoms with E-state index in [1.807, 2.05) is 0 Å². The zero-order valence-corrected chi connectivity index (χ0v) is 6.77. The molecule has 0 amide bonds. The molecule has 1 nitrogen and oxygen atoms in total. The van der Waals surface area contributed by atoms with Crippen molar-refractivity contribution >= 4 is 0 Å². The summed E-state index contributed by atoms with van der Waals surface area (Å²) in [6, 6.07) is 0. The van der Waals surface area contributed by atoms with Crippen molar-refractivity contribution in [2.75, 3.05) is 13.1 Å². The molecule has 1 heteroatoms. The van der Waals surface area contributed by atoms with E-state index in [9.17, 15) is 0 Å². The number of rotatable bonds is 0. The molecule has 58 valence electrons. The Morgan fingerprint density at radius 3 is 3.00 bits per heavy atom. The Bertz CT molecular complexity index is 258. The van der Waals surface area contributed by atoms with Gasteiger partial charge in [-0.05, 0) is 24.8 Å². The zero-order valence-electron chi connectivity index (χ0n) is 6.77. The monoisotopic (exact) mass is 147 g/mol. The summed E-state index contributed by atoms with van der Waals surface area (Å²) in [5.41, 5.74) is 3.59. The average Bonchev–Trinajstić information content (AvgIpc) is 2.61. The Labute approximate surface area is 67.4 Å². The third-order valence-electron chi connectivity index (χ3n) is 3.38. The van der Waals surface area contributed by atoms with Crippen LogP contribution in [0.15, 0.2) is 23.9 Å². The van der Waals surface area contributed by atoms with Crippen LogP contribution in [0.5, 0.6) is 0 Å². The van der Waals surface area contributed by atoms with E-state index in [0.29, 0.717) is 5.41 Å². The number of allylic oxidation sites excluding steroid dienone is 1. The molecule has 2 aliphatic heterocycles. The molecule has 2 heterocycles. The highest BCUT2D eigenvalue weighted by atomic mass is 15.2. The SMILES string of the molecule is C=C1CN2CCC=C2C12CC2. The van der Waals surface area contributed by atoms with Gasteiger partial charge in [-0.2, -0.15) is 0 Å². The van der Waals surface area contributed by atoms with E-state index >= 15 is 0 Å². The first-order chi connectivity index (χ1) is 5.33. The summed E-state index contributed by atoms with van der Waals surface area (Å²) in [6.45, 7) is 6.56. The van der Waals surface area contributed by atoms with Crippen LogP contribution in [0.1, 0.15) is 19.3 Å². The Morgan fingerprint density at radius 1 is 1.45 bits per heavy atom. The van der Waals surface area contributed by atoms with Gasteiger partial charge in [-0.25, -0.2) is 0 Å². The molecule has 1 spiro atoms. The number of hydrogen-bond donors (Lipinski definition) is 0. The molecule has 1 saturated heterocycles. The number of fused-ring (bicyclic) bond motifs is 2. The van der Waals surface area contributed by atoms with Crippen LogP contribution in [0.3, 0.4) is 0 Å². The van der Waals surface area contributed by atoms with Crippen LogP contribution < -0.4 is 0 Å². The van der Waals surface area contributed by atoms with Gasteiger partial charge in [-0.15, -0.1) is 0 Å². The molecule has 0 unspecified atom stereocenters. The fraction of sp³-hybridized carbons (Fsp3) is 0.600. The first-order valence-electron chi connectivity index (χ1n) is 4.47. The van der Waals surface area contributed by atoms with Crippen LogP contribution in [0.25, 0.3) is 0 Å². The minimum atomic E-state index is 0.497. The molecule has 0 aromatic rings. The van der Waals surface area contributed by atoms with Crippen molar-refractivity contribution in [3.8, 4) is 0 Å². The Morgan fingerprint density at radius 2 is 2.27 bits per heavy atom. The third kappa shape index (κ3) is 0.536. The minimum absolute atomic E-state index is 0.497. The molecule has 1 aliphatic carbocycles. The lowest BCUT2D eigenvalue weighted by atomic mass is 9.98. The van der Waals surface area contributed by atoms with Crippen LogP contribution in [0, 0.1) is 5.41 Å². The van der Waals surface area contributed by atoms with Gasteiger partial charge in [0.25, 0.3) is 0 Å². The largest absolute Gasteiger partial charge is 0.370 e. The van der Waals surface area contributed by atoms with Crippen LogP contribution in [-0.2, 0) is 0 Å². The van der Waals surface area contributed by atoms with Crippen molar-refractivity contribution in [2.24, 2.45) is 5.41 Å². The second-order valence-electron chi connectivity index (χ2n) is 3.99. The van der Waals surface area contributed by atoms with Crippen molar-refractivity contribution < 1.29 is 0 Å². The third-order valence-corrected chi connectivity index (χ3v) is 3.38. The molecule has 11 heavy (non-hydrogen) atoms. The van der Waals surface area contributed by atoms with Gasteiger partial charge < -0.3 is 4.90 Å². The first-order valence-corrected chi connectivity index (χ1v) is 4.47. The van der Waals surface area contributed by atoms with Gasteiger partial charge in [0.05, 0.1) is 0 Å². The average molecular weight is 147 g/mol. The second-order valence-corrected chi connectivity index (χ2v) is 3.99. The Hall–Kier alpha value is -0.720. The maximum absolute atomic E-state index is 4.17. The van der Waals surface area contributed by atoms with Crippen molar-refractivity contribution in [1.82, 2.24) is 4.90 Å². The quantitative estimate of drug-likeness (QED) is 0.473. The molecular weight excluding hydrogens is 134 g/mol. The molecule has 0 bridgehead atoms. The summed E-state index contributed by atoms with van der Waals surface area (Å²) in [5, 5.41) is 0. The molecule has 3 aliphatic rings. The van der Waals surface area contributed by atoms with Gasteiger partial charge in [-0.3, -0.25) is 0 Å². The van der Waals surface area contributed by atoms with Crippen molar-refractivity contribution in [2.45, 2.75) is 19.3 Å². The van der Waals surface area contributed by atoms with Gasteiger partial charge in [0.1, 0.15) is 0 Å². The molecule has 1 saturated carbocycles. The Balaban J connectivity index is 2.09. The van der Waals surface area contributed by atoms with Gasteiger partial charge in [0, 0.05) is 24.2 Å². The van der Waals surface area contributed by atoms with Crippen LogP contribution in [0.4, 0.5) is 0 Å². The predicted molar refractivity (Wildman–Crippen MR) is 45.1 cm³/mol. The summed E-state index contributed by atoms with van der Waals surface area (Å²) in [4.78, 5) is 2.51. The standard InChI is InChI=1S/C10H13N/c1-8-7-11-6-2-3-9(11)10(8)4-5-10/h3H,1-2,4-7H2. The van der Waals surface area contributed by atoms with Crippen molar-refractivity contribution in [3.63, 3.8) is 0 Å². The first kappa shape index (κ1) is 5.87. The van der Waals surface area contributed by atoms with E-state index in [0.717, 1.165) is 6.54 Å². The number of hydrogen-bond acceptors (Lipinski definition) is 1. The molecule has 0 N–H and O–H groups in total. The summed E-state index contributed by atoms with van der Waals surface area (Å²) in [7, 11) is 0. The van der Waals surface area contributed by atoms with Crippen LogP contribution in [0.2, 0.25) is 0 Å². The van der Waals surface area contributed by atoms with Crippen molar-refractivity contribution in [1.29, 1.82) is 0 Å². The van der Waals surface area contributed by atoms with Crippen LogP contribution >= 0.6 is 0 Å². The fourth-order valence-corrected chi connectivity index (χ4v) is 2.57. The van der Waals surface area contributed by atoms with E-state index in [1.165, 1.54) is 31.4 Å². The van der Waals surface area contributed by atoms with E-state index in [2.05, 4.69) is 17.6 Å². The minimum Gasteiger partial charge on any atom is -0.370 e. The molecule has 0 aromatic heterocycles. The van der Waals surface area contributed by atoms with E-state index in [4.69, 9.17) is 0 Å². The molecule has 3 rings (SSSR count). The fourth-order valence-electron chi connectivity index (χ4n) is 2.57. The molecule has 0 radical (unpaired) electrons. The van der Waals surface area contributed by atoms with E-state index in [-0.39, 0.29) is 0 Å². The summed E-state index contributed by atoms with van der Waals surface area (Å²) in [6.07, 6.45) is 6.43. The smallest absolute Gasteiger partial charge is 0.0392 e. The maximum Gasteiger partial charge on any atom is 0.0392 e. The summed E-state index contributed by atoms with van der Waals surface area (Å²) in [5.74, 6) is 0. The lowest BCUT2D eigenvalue weighted by Gasteiger charge is -2.13. The lowest BCUT2D eigenvalue weighted by Crippen LogP contribution is -2.14. The number of nitrogens with zero attached hydrogens (tertiary/aromatic N) is 1. The summed E-state index contributed by atoms with van der Waals surface area (Å²) >= 11 is 0. The van der Waals surface area contributed by atoms with Gasteiger partial charge in [0.2, 0.25) is 0 Å². The van der Waals surface area contributed by atoms with Gasteiger partial charge >= 0.3 is 0 Å². The molecular formula is C10H13N. The highest BCUT2D eigenvalue weighted by Crippen LogP contribution is 2.62. The Kier molecular flexibility index (Phi) is 0.826. The normalized spacial score (nSPS) is 31.1. The molecule has 0 atom stereocenters. The van der Waals surface area contributed by atoms with E-state index < -0.39 is 0 Å². The van der Waals surface area contributed by atoms with E-state index in [1.54, 1.807) is 5.70 Å². The molecule has 2 fully saturated rings. The summed E-state index contributed by atoms with van der Waals surface area (Å²) < 4.78 is 0.